The fraction of sp³-hybridized carbons (Fsp3) is 0.107. The predicted molar refractivity (Wildman–Crippen MR) is 144 cm³/mol. The van der Waals surface area contributed by atoms with Crippen LogP contribution in [0.15, 0.2) is 113 Å². The smallest absolute Gasteiger partial charge is 0.264 e. The first-order valence-corrected chi connectivity index (χ1v) is 13.5. The van der Waals surface area contributed by atoms with Crippen LogP contribution in [0.1, 0.15) is 21.5 Å². The Morgan fingerprint density at radius 2 is 1.46 bits per heavy atom. The second kappa shape index (κ2) is 10.8. The van der Waals surface area contributed by atoms with Gasteiger partial charge in [-0.25, -0.2) is 8.42 Å². The zero-order chi connectivity index (χ0) is 24.8. The molecule has 178 valence electrons. The summed E-state index contributed by atoms with van der Waals surface area (Å²) in [6.45, 7) is 1.91. The highest BCUT2D eigenvalue weighted by molar-refractivity contribution is 7.98. The Kier molecular flexibility index (Phi) is 7.58. The summed E-state index contributed by atoms with van der Waals surface area (Å²) < 4.78 is 27.0. The van der Waals surface area contributed by atoms with E-state index < -0.39 is 10.0 Å². The Labute approximate surface area is 210 Å². The standard InChI is InChI=1S/C28H26N2O3S2/c1-21-8-18-27(19-9-21)35(32,33)30(2)25-16-12-23(13-17-25)28(31)29-24-14-10-22(11-15-24)20-34-26-6-4-3-5-7-26/h3-19H,20H2,1-2H3,(H,29,31). The maximum Gasteiger partial charge on any atom is 0.264 e. The lowest BCUT2D eigenvalue weighted by atomic mass is 10.1. The lowest BCUT2D eigenvalue weighted by molar-refractivity contribution is 0.102. The monoisotopic (exact) mass is 502 g/mol. The minimum Gasteiger partial charge on any atom is -0.322 e. The van der Waals surface area contributed by atoms with Crippen LogP contribution in [0.25, 0.3) is 0 Å². The summed E-state index contributed by atoms with van der Waals surface area (Å²) >= 11 is 1.76. The first kappa shape index (κ1) is 24.6. The quantitative estimate of drug-likeness (QED) is 0.285. The topological polar surface area (TPSA) is 66.5 Å². The molecular formula is C28H26N2O3S2. The molecule has 0 aliphatic carbocycles. The van der Waals surface area contributed by atoms with E-state index in [1.807, 2.05) is 49.4 Å². The lowest BCUT2D eigenvalue weighted by Gasteiger charge is -2.20. The molecule has 0 unspecified atom stereocenters. The van der Waals surface area contributed by atoms with E-state index in [-0.39, 0.29) is 10.8 Å². The fourth-order valence-electron chi connectivity index (χ4n) is 3.40. The summed E-state index contributed by atoms with van der Waals surface area (Å²) in [4.78, 5) is 14.1. The van der Waals surface area contributed by atoms with Gasteiger partial charge < -0.3 is 5.32 Å². The van der Waals surface area contributed by atoms with Gasteiger partial charge in [0, 0.05) is 28.9 Å². The van der Waals surface area contributed by atoms with Crippen molar-refractivity contribution < 1.29 is 13.2 Å². The Bertz CT molecular complexity index is 1390. The Morgan fingerprint density at radius 1 is 0.829 bits per heavy atom. The molecule has 0 saturated heterocycles. The van der Waals surface area contributed by atoms with Crippen LogP contribution in [-0.2, 0) is 15.8 Å². The second-order valence-corrected chi connectivity index (χ2v) is 11.1. The zero-order valence-corrected chi connectivity index (χ0v) is 21.1. The van der Waals surface area contributed by atoms with Crippen LogP contribution >= 0.6 is 11.8 Å². The number of anilines is 2. The number of nitrogens with zero attached hydrogens (tertiary/aromatic N) is 1. The van der Waals surface area contributed by atoms with E-state index in [2.05, 4.69) is 17.4 Å². The third kappa shape index (κ3) is 6.12. The summed E-state index contributed by atoms with van der Waals surface area (Å²) in [7, 11) is -2.18. The third-order valence-corrected chi connectivity index (χ3v) is 8.42. The number of rotatable bonds is 8. The normalized spacial score (nSPS) is 11.1. The highest BCUT2D eigenvalue weighted by atomic mass is 32.2. The van der Waals surface area contributed by atoms with Crippen LogP contribution < -0.4 is 9.62 Å². The Morgan fingerprint density at radius 3 is 2.09 bits per heavy atom. The number of benzene rings is 4. The molecule has 4 aromatic rings. The number of carbonyl (C=O) groups is 1. The molecule has 0 fully saturated rings. The van der Waals surface area contributed by atoms with Gasteiger partial charge in [0.1, 0.15) is 0 Å². The Hall–Kier alpha value is -3.55. The number of hydrogen-bond donors (Lipinski definition) is 1. The summed E-state index contributed by atoms with van der Waals surface area (Å²) in [5.41, 5.74) is 3.77. The maximum atomic E-state index is 12.9. The molecule has 0 aliphatic heterocycles. The largest absolute Gasteiger partial charge is 0.322 e. The molecule has 0 radical (unpaired) electrons. The molecule has 0 saturated carbocycles. The van der Waals surface area contributed by atoms with E-state index >= 15 is 0 Å². The molecule has 0 aliphatic rings. The van der Waals surface area contributed by atoms with E-state index in [9.17, 15) is 13.2 Å². The van der Waals surface area contributed by atoms with Gasteiger partial charge in [-0.2, -0.15) is 0 Å². The number of amides is 1. The molecule has 35 heavy (non-hydrogen) atoms. The van der Waals surface area contributed by atoms with E-state index in [0.717, 1.165) is 11.3 Å². The lowest BCUT2D eigenvalue weighted by Crippen LogP contribution is -2.26. The summed E-state index contributed by atoms with van der Waals surface area (Å²) in [6, 6.07) is 31.2. The van der Waals surface area contributed by atoms with Crippen molar-refractivity contribution in [2.75, 3.05) is 16.7 Å². The molecular weight excluding hydrogens is 476 g/mol. The van der Waals surface area contributed by atoms with Crippen LogP contribution in [0, 0.1) is 6.92 Å². The van der Waals surface area contributed by atoms with Gasteiger partial charge in [-0.05, 0) is 73.2 Å². The van der Waals surface area contributed by atoms with Crippen LogP contribution in [0.3, 0.4) is 0 Å². The molecule has 4 rings (SSSR count). The summed E-state index contributed by atoms with van der Waals surface area (Å²) in [6.07, 6.45) is 0. The second-order valence-electron chi connectivity index (χ2n) is 8.09. The van der Waals surface area contributed by atoms with Gasteiger partial charge in [0.2, 0.25) is 0 Å². The predicted octanol–water partition coefficient (Wildman–Crippen LogP) is 6.36. The zero-order valence-electron chi connectivity index (χ0n) is 19.5. The van der Waals surface area contributed by atoms with E-state index in [4.69, 9.17) is 0 Å². The summed E-state index contributed by atoms with van der Waals surface area (Å²) in [5, 5.41) is 2.89. The average Bonchev–Trinajstić information content (AvgIpc) is 2.89. The van der Waals surface area contributed by atoms with Gasteiger partial charge in [-0.15, -0.1) is 11.8 Å². The van der Waals surface area contributed by atoms with Crippen molar-refractivity contribution in [1.82, 2.24) is 0 Å². The molecule has 1 N–H and O–H groups in total. The number of thioether (sulfide) groups is 1. The van der Waals surface area contributed by atoms with Crippen LogP contribution in [0.2, 0.25) is 0 Å². The van der Waals surface area contributed by atoms with Crippen LogP contribution in [0.5, 0.6) is 0 Å². The van der Waals surface area contributed by atoms with Gasteiger partial charge in [0.15, 0.2) is 0 Å². The molecule has 5 nitrogen and oxygen atoms in total. The molecule has 7 heteroatoms. The number of aryl methyl sites for hydroxylation is 1. The van der Waals surface area contributed by atoms with Gasteiger partial charge in [-0.1, -0.05) is 48.0 Å². The minimum absolute atomic E-state index is 0.220. The highest BCUT2D eigenvalue weighted by Gasteiger charge is 2.21. The highest BCUT2D eigenvalue weighted by Crippen LogP contribution is 2.25. The maximum absolute atomic E-state index is 12.9. The van der Waals surface area contributed by atoms with Crippen molar-refractivity contribution in [3.8, 4) is 0 Å². The first-order chi connectivity index (χ1) is 16.8. The third-order valence-electron chi connectivity index (χ3n) is 5.53. The van der Waals surface area contributed by atoms with E-state index in [1.165, 1.54) is 21.8 Å². The molecule has 0 spiro atoms. The molecule has 0 heterocycles. The average molecular weight is 503 g/mol. The SMILES string of the molecule is Cc1ccc(S(=O)(=O)N(C)c2ccc(C(=O)Nc3ccc(CSc4ccccc4)cc3)cc2)cc1. The van der Waals surface area contributed by atoms with Gasteiger partial charge in [0.25, 0.3) is 15.9 Å². The fourth-order valence-corrected chi connectivity index (χ4v) is 5.47. The van der Waals surface area contributed by atoms with Crippen molar-refractivity contribution in [2.24, 2.45) is 0 Å². The number of hydrogen-bond acceptors (Lipinski definition) is 4. The van der Waals surface area contributed by atoms with Gasteiger partial charge >= 0.3 is 0 Å². The van der Waals surface area contributed by atoms with Crippen LogP contribution in [0.4, 0.5) is 11.4 Å². The van der Waals surface area contributed by atoms with Gasteiger partial charge in [0.05, 0.1) is 10.6 Å². The number of sulfonamides is 1. The van der Waals surface area contributed by atoms with Crippen molar-refractivity contribution in [3.63, 3.8) is 0 Å². The molecule has 0 aromatic heterocycles. The minimum atomic E-state index is -3.69. The van der Waals surface area contributed by atoms with Crippen LogP contribution in [-0.4, -0.2) is 21.4 Å². The summed E-state index contributed by atoms with van der Waals surface area (Å²) in [5.74, 6) is 0.589. The molecule has 4 aromatic carbocycles. The van der Waals surface area contributed by atoms with Crippen molar-refractivity contribution in [1.29, 1.82) is 0 Å². The number of carbonyl (C=O) groups excluding carboxylic acids is 1. The van der Waals surface area contributed by atoms with Crippen molar-refractivity contribution >= 4 is 39.1 Å². The van der Waals surface area contributed by atoms with Crippen molar-refractivity contribution in [2.45, 2.75) is 22.5 Å². The molecule has 0 bridgehead atoms. The molecule has 1 amide bonds. The first-order valence-electron chi connectivity index (χ1n) is 11.1. The van der Waals surface area contributed by atoms with E-state index in [0.29, 0.717) is 16.9 Å². The van der Waals surface area contributed by atoms with Crippen molar-refractivity contribution in [3.05, 3.63) is 120 Å². The van der Waals surface area contributed by atoms with Gasteiger partial charge in [-0.3, -0.25) is 9.10 Å². The molecule has 0 atom stereocenters. The van der Waals surface area contributed by atoms with E-state index in [1.54, 1.807) is 60.3 Å². The number of nitrogens with one attached hydrogen (secondary N) is 1. The Balaban J connectivity index is 1.37.